The van der Waals surface area contributed by atoms with Crippen LogP contribution in [0.1, 0.15) is 37.2 Å². The highest BCUT2D eigenvalue weighted by molar-refractivity contribution is 5.22. The van der Waals surface area contributed by atoms with Gasteiger partial charge in [0.1, 0.15) is 0 Å². The highest BCUT2D eigenvalue weighted by Crippen LogP contribution is 2.38. The molecule has 92 valence electrons. The van der Waals surface area contributed by atoms with E-state index in [1.807, 2.05) is 0 Å². The Kier molecular flexibility index (Phi) is 2.87. The van der Waals surface area contributed by atoms with Gasteiger partial charge in [-0.1, -0.05) is 6.07 Å². The monoisotopic (exact) mass is 237 g/mol. The molecular formula is C14H17F2N. The third-order valence-corrected chi connectivity index (χ3v) is 4.20. The van der Waals surface area contributed by atoms with Crippen LogP contribution in [0.4, 0.5) is 8.78 Å². The second kappa shape index (κ2) is 4.37. The Labute approximate surface area is 100 Å². The molecule has 1 aliphatic carbocycles. The fourth-order valence-electron chi connectivity index (χ4n) is 3.02. The van der Waals surface area contributed by atoms with E-state index in [1.54, 1.807) is 6.07 Å². The highest BCUT2D eigenvalue weighted by Gasteiger charge is 2.33. The maximum atomic E-state index is 13.2. The predicted octanol–water partition coefficient (Wildman–Crippen LogP) is 3.21. The van der Waals surface area contributed by atoms with Crippen molar-refractivity contribution in [1.82, 2.24) is 5.32 Å². The van der Waals surface area contributed by atoms with Gasteiger partial charge < -0.3 is 5.32 Å². The van der Waals surface area contributed by atoms with Crippen LogP contribution in [0.2, 0.25) is 0 Å². The first-order valence-electron chi connectivity index (χ1n) is 6.42. The first-order valence-corrected chi connectivity index (χ1v) is 6.42. The van der Waals surface area contributed by atoms with Gasteiger partial charge in [-0.15, -0.1) is 0 Å². The number of benzene rings is 1. The molecule has 2 aliphatic rings. The van der Waals surface area contributed by atoms with Crippen molar-refractivity contribution < 1.29 is 8.78 Å². The third-order valence-electron chi connectivity index (χ3n) is 4.20. The number of halogens is 2. The van der Waals surface area contributed by atoms with Gasteiger partial charge in [0.15, 0.2) is 11.6 Å². The quantitative estimate of drug-likeness (QED) is 0.784. The van der Waals surface area contributed by atoms with Crippen LogP contribution < -0.4 is 5.32 Å². The summed E-state index contributed by atoms with van der Waals surface area (Å²) in [6.07, 6.45) is 4.63. The molecule has 0 spiro atoms. The molecule has 17 heavy (non-hydrogen) atoms. The van der Waals surface area contributed by atoms with Crippen LogP contribution in [0.5, 0.6) is 0 Å². The molecule has 0 aromatic heterocycles. The van der Waals surface area contributed by atoms with E-state index >= 15 is 0 Å². The Morgan fingerprint density at radius 1 is 1.00 bits per heavy atom. The summed E-state index contributed by atoms with van der Waals surface area (Å²) >= 11 is 0. The van der Waals surface area contributed by atoms with E-state index in [1.165, 1.54) is 31.5 Å². The standard InChI is InChI=1S/C14H17F2N/c15-12-6-5-11(7-13(12)16)9-1-3-10(4-2-9)14-8-17-14/h5-7,9-10,14,17H,1-4,8H2. The lowest BCUT2D eigenvalue weighted by molar-refractivity contribution is 0.321. The smallest absolute Gasteiger partial charge is 0.159 e. The second-order valence-corrected chi connectivity index (χ2v) is 5.30. The van der Waals surface area contributed by atoms with E-state index in [9.17, 15) is 8.78 Å². The molecule has 1 saturated heterocycles. The van der Waals surface area contributed by atoms with Crippen LogP contribution >= 0.6 is 0 Å². The SMILES string of the molecule is Fc1ccc(C2CCC(C3CN3)CC2)cc1F. The Morgan fingerprint density at radius 2 is 1.71 bits per heavy atom. The van der Waals surface area contributed by atoms with Crippen molar-refractivity contribution in [3.8, 4) is 0 Å². The van der Waals surface area contributed by atoms with Crippen molar-refractivity contribution >= 4 is 0 Å². The fraction of sp³-hybridized carbons (Fsp3) is 0.571. The second-order valence-electron chi connectivity index (χ2n) is 5.30. The lowest BCUT2D eigenvalue weighted by Crippen LogP contribution is -2.19. The van der Waals surface area contributed by atoms with Crippen LogP contribution in [0, 0.1) is 17.6 Å². The molecule has 1 nitrogen and oxygen atoms in total. The van der Waals surface area contributed by atoms with Gasteiger partial charge in [0.2, 0.25) is 0 Å². The lowest BCUT2D eigenvalue weighted by atomic mass is 9.77. The minimum atomic E-state index is -0.746. The minimum Gasteiger partial charge on any atom is -0.311 e. The Hall–Kier alpha value is -0.960. The minimum absolute atomic E-state index is 0.417. The van der Waals surface area contributed by atoms with Crippen LogP contribution in [-0.2, 0) is 0 Å². The van der Waals surface area contributed by atoms with Gasteiger partial charge in [0.25, 0.3) is 0 Å². The summed E-state index contributed by atoms with van der Waals surface area (Å²) in [7, 11) is 0. The van der Waals surface area contributed by atoms with Gasteiger partial charge in [0, 0.05) is 12.6 Å². The molecule has 1 N–H and O–H groups in total. The van der Waals surface area contributed by atoms with Crippen molar-refractivity contribution in [2.75, 3.05) is 6.54 Å². The normalized spacial score (nSPS) is 32.5. The molecule has 3 rings (SSSR count). The molecule has 0 amide bonds. The summed E-state index contributed by atoms with van der Waals surface area (Å²) in [6, 6.07) is 5.09. The molecule has 1 atom stereocenters. The number of hydrogen-bond donors (Lipinski definition) is 1. The Bertz CT molecular complexity index is 407. The summed E-state index contributed by atoms with van der Waals surface area (Å²) in [4.78, 5) is 0. The first kappa shape index (κ1) is 11.1. The van der Waals surface area contributed by atoms with Crippen LogP contribution in [0.25, 0.3) is 0 Å². The summed E-state index contributed by atoms with van der Waals surface area (Å²) < 4.78 is 26.0. The van der Waals surface area contributed by atoms with E-state index in [2.05, 4.69) is 5.32 Å². The molecule has 1 heterocycles. The fourth-order valence-corrected chi connectivity index (χ4v) is 3.02. The van der Waals surface area contributed by atoms with Gasteiger partial charge in [-0.2, -0.15) is 0 Å². The van der Waals surface area contributed by atoms with E-state index in [4.69, 9.17) is 0 Å². The molecule has 0 bridgehead atoms. The third kappa shape index (κ3) is 2.34. The van der Waals surface area contributed by atoms with Crippen LogP contribution in [0.15, 0.2) is 18.2 Å². The van der Waals surface area contributed by atoms with Crippen LogP contribution in [0.3, 0.4) is 0 Å². The van der Waals surface area contributed by atoms with Crippen molar-refractivity contribution in [2.24, 2.45) is 5.92 Å². The molecule has 1 aliphatic heterocycles. The number of nitrogens with one attached hydrogen (secondary N) is 1. The van der Waals surface area contributed by atoms with Gasteiger partial charge in [-0.05, 0) is 55.2 Å². The maximum absolute atomic E-state index is 13.2. The number of hydrogen-bond acceptors (Lipinski definition) is 1. The van der Waals surface area contributed by atoms with E-state index < -0.39 is 11.6 Å². The van der Waals surface area contributed by atoms with Gasteiger partial charge in [0.05, 0.1) is 0 Å². The van der Waals surface area contributed by atoms with E-state index in [-0.39, 0.29) is 0 Å². The van der Waals surface area contributed by atoms with E-state index in [0.717, 1.165) is 30.4 Å². The zero-order valence-electron chi connectivity index (χ0n) is 9.76. The maximum Gasteiger partial charge on any atom is 0.159 e. The summed E-state index contributed by atoms with van der Waals surface area (Å²) in [6.45, 7) is 1.17. The summed E-state index contributed by atoms with van der Waals surface area (Å²) in [5, 5.41) is 3.37. The first-order chi connectivity index (χ1) is 8.24. The molecule has 1 unspecified atom stereocenters. The highest BCUT2D eigenvalue weighted by atomic mass is 19.2. The lowest BCUT2D eigenvalue weighted by Gasteiger charge is -2.28. The zero-order valence-corrected chi connectivity index (χ0v) is 9.76. The molecule has 1 saturated carbocycles. The largest absolute Gasteiger partial charge is 0.311 e. The molecule has 0 radical (unpaired) electrons. The average molecular weight is 237 g/mol. The summed E-state index contributed by atoms with van der Waals surface area (Å²) in [5.41, 5.74) is 0.964. The molecule has 2 fully saturated rings. The molecule has 1 aromatic carbocycles. The van der Waals surface area contributed by atoms with E-state index in [0.29, 0.717) is 5.92 Å². The van der Waals surface area contributed by atoms with Crippen molar-refractivity contribution in [3.63, 3.8) is 0 Å². The van der Waals surface area contributed by atoms with Gasteiger partial charge >= 0.3 is 0 Å². The molecular weight excluding hydrogens is 220 g/mol. The topological polar surface area (TPSA) is 21.9 Å². The Morgan fingerprint density at radius 3 is 2.29 bits per heavy atom. The number of rotatable bonds is 2. The van der Waals surface area contributed by atoms with Gasteiger partial charge in [-0.3, -0.25) is 0 Å². The Balaban J connectivity index is 1.66. The van der Waals surface area contributed by atoms with Crippen molar-refractivity contribution in [3.05, 3.63) is 35.4 Å². The molecule has 1 aromatic rings. The van der Waals surface area contributed by atoms with Crippen molar-refractivity contribution in [1.29, 1.82) is 0 Å². The average Bonchev–Trinajstić information content (AvgIpc) is 3.17. The van der Waals surface area contributed by atoms with Crippen molar-refractivity contribution in [2.45, 2.75) is 37.6 Å². The molecule has 3 heteroatoms. The zero-order chi connectivity index (χ0) is 11.8. The summed E-state index contributed by atoms with van der Waals surface area (Å²) in [5.74, 6) is -0.241. The predicted molar refractivity (Wildman–Crippen MR) is 62.8 cm³/mol. The van der Waals surface area contributed by atoms with Crippen LogP contribution in [-0.4, -0.2) is 12.6 Å². The van der Waals surface area contributed by atoms with Gasteiger partial charge in [-0.25, -0.2) is 8.78 Å².